The van der Waals surface area contributed by atoms with E-state index in [0.717, 1.165) is 29.0 Å². The molecule has 1 nitrogen and oxygen atoms in total. The minimum atomic E-state index is 0.542. The fraction of sp³-hybridized carbons (Fsp3) is 0.500. The monoisotopic (exact) mass is 287 g/mol. The Bertz CT molecular complexity index is 378. The van der Waals surface area contributed by atoms with E-state index in [0.29, 0.717) is 5.92 Å². The molecule has 0 bridgehead atoms. The second kappa shape index (κ2) is 4.44. The van der Waals surface area contributed by atoms with Gasteiger partial charge in [-0.3, -0.25) is 0 Å². The molecule has 0 spiro atoms. The average Bonchev–Trinajstić information content (AvgIpc) is 2.32. The highest BCUT2D eigenvalue weighted by molar-refractivity contribution is 9.10. The van der Waals surface area contributed by atoms with Crippen LogP contribution in [0.15, 0.2) is 16.6 Å². The first-order valence-electron chi connectivity index (χ1n) is 5.25. The highest BCUT2D eigenvalue weighted by Gasteiger charge is 2.21. The Morgan fingerprint density at radius 2 is 2.20 bits per heavy atom. The van der Waals surface area contributed by atoms with E-state index in [1.54, 1.807) is 0 Å². The number of hydrogen-bond donors (Lipinski definition) is 0. The molecule has 2 rings (SSSR count). The molecule has 3 heteroatoms. The number of benzene rings is 1. The molecule has 1 aliphatic rings. The van der Waals surface area contributed by atoms with Crippen LogP contribution in [-0.2, 0) is 6.42 Å². The summed E-state index contributed by atoms with van der Waals surface area (Å²) in [6, 6.07) is 4.15. The Kier molecular flexibility index (Phi) is 3.39. The summed E-state index contributed by atoms with van der Waals surface area (Å²) >= 11 is 9.75. The molecule has 1 heterocycles. The van der Waals surface area contributed by atoms with Crippen molar-refractivity contribution in [2.75, 3.05) is 20.1 Å². The first-order valence-corrected chi connectivity index (χ1v) is 6.42. The van der Waals surface area contributed by atoms with E-state index in [1.807, 2.05) is 6.07 Å². The van der Waals surface area contributed by atoms with Crippen molar-refractivity contribution in [3.63, 3.8) is 0 Å². The van der Waals surface area contributed by atoms with Crippen molar-refractivity contribution in [2.45, 2.75) is 19.3 Å². The zero-order chi connectivity index (χ0) is 11.0. The lowest BCUT2D eigenvalue weighted by atomic mass is 9.95. The van der Waals surface area contributed by atoms with Crippen LogP contribution in [0.5, 0.6) is 0 Å². The number of rotatable bonds is 0. The number of nitrogens with zero attached hydrogens (tertiary/aromatic N) is 1. The number of likely N-dealkylation sites (N-methyl/N-ethyl adjacent to an activating group) is 1. The van der Waals surface area contributed by atoms with Crippen LogP contribution in [0.25, 0.3) is 0 Å². The summed E-state index contributed by atoms with van der Waals surface area (Å²) in [5, 5.41) is 0.824. The van der Waals surface area contributed by atoms with Crippen LogP contribution < -0.4 is 0 Å². The first-order chi connectivity index (χ1) is 7.09. The molecule has 0 aliphatic carbocycles. The zero-order valence-corrected chi connectivity index (χ0v) is 11.4. The number of hydrogen-bond acceptors (Lipinski definition) is 1. The molecule has 0 amide bonds. The fourth-order valence-electron chi connectivity index (χ4n) is 2.32. The van der Waals surface area contributed by atoms with Crippen LogP contribution in [0.1, 0.15) is 24.0 Å². The van der Waals surface area contributed by atoms with Gasteiger partial charge in [0.15, 0.2) is 0 Å². The van der Waals surface area contributed by atoms with Crippen molar-refractivity contribution in [1.82, 2.24) is 4.90 Å². The minimum Gasteiger partial charge on any atom is -0.305 e. The van der Waals surface area contributed by atoms with Gasteiger partial charge in [0.25, 0.3) is 0 Å². The van der Waals surface area contributed by atoms with Crippen LogP contribution in [0, 0.1) is 0 Å². The maximum absolute atomic E-state index is 6.14. The summed E-state index contributed by atoms with van der Waals surface area (Å²) in [6.07, 6.45) is 1.12. The maximum atomic E-state index is 6.14. The van der Waals surface area contributed by atoms with Gasteiger partial charge in [-0.2, -0.15) is 0 Å². The van der Waals surface area contributed by atoms with Gasteiger partial charge < -0.3 is 4.90 Å². The van der Waals surface area contributed by atoms with Gasteiger partial charge >= 0.3 is 0 Å². The lowest BCUT2D eigenvalue weighted by molar-refractivity contribution is 0.332. The summed E-state index contributed by atoms with van der Waals surface area (Å²) in [7, 11) is 2.18. The Morgan fingerprint density at radius 3 is 2.93 bits per heavy atom. The lowest BCUT2D eigenvalue weighted by Gasteiger charge is -2.18. The minimum absolute atomic E-state index is 0.542. The first kappa shape index (κ1) is 11.4. The predicted octanol–water partition coefficient (Wildman–Crippen LogP) is 3.69. The van der Waals surface area contributed by atoms with E-state index in [4.69, 9.17) is 11.6 Å². The van der Waals surface area contributed by atoms with Gasteiger partial charge in [-0.05, 0) is 52.5 Å². The third-order valence-corrected chi connectivity index (χ3v) is 4.46. The molecule has 1 unspecified atom stereocenters. The molecule has 0 N–H and O–H groups in total. The Labute approximate surface area is 105 Å². The van der Waals surface area contributed by atoms with E-state index in [1.165, 1.54) is 11.1 Å². The topological polar surface area (TPSA) is 3.24 Å². The molecule has 0 saturated heterocycles. The molecule has 15 heavy (non-hydrogen) atoms. The van der Waals surface area contributed by atoms with Crippen LogP contribution in [-0.4, -0.2) is 25.0 Å². The highest BCUT2D eigenvalue weighted by Crippen LogP contribution is 2.36. The normalized spacial score (nSPS) is 22.3. The van der Waals surface area contributed by atoms with Crippen LogP contribution in [0.3, 0.4) is 0 Å². The third-order valence-electron chi connectivity index (χ3n) is 3.06. The maximum Gasteiger partial charge on any atom is 0.0551 e. The van der Waals surface area contributed by atoms with E-state index < -0.39 is 0 Å². The van der Waals surface area contributed by atoms with Gasteiger partial charge in [0.2, 0.25) is 0 Å². The van der Waals surface area contributed by atoms with Gasteiger partial charge in [0.05, 0.1) is 5.02 Å². The van der Waals surface area contributed by atoms with E-state index in [9.17, 15) is 0 Å². The summed E-state index contributed by atoms with van der Waals surface area (Å²) < 4.78 is 1.09. The summed E-state index contributed by atoms with van der Waals surface area (Å²) in [5.41, 5.74) is 2.83. The summed E-state index contributed by atoms with van der Waals surface area (Å²) in [5.74, 6) is 0.542. The third kappa shape index (κ3) is 2.22. The molecule has 1 aliphatic heterocycles. The zero-order valence-electron chi connectivity index (χ0n) is 9.06. The van der Waals surface area contributed by atoms with Crippen molar-refractivity contribution in [3.8, 4) is 0 Å². The van der Waals surface area contributed by atoms with Crippen molar-refractivity contribution < 1.29 is 0 Å². The Balaban J connectivity index is 2.50. The molecule has 1 aromatic rings. The molecule has 1 atom stereocenters. The van der Waals surface area contributed by atoms with Crippen LogP contribution in [0.2, 0.25) is 5.02 Å². The molecular formula is C12H15BrClN. The number of fused-ring (bicyclic) bond motifs is 1. The fourth-order valence-corrected chi connectivity index (χ4v) is 3.26. The molecule has 1 aromatic carbocycles. The second-order valence-electron chi connectivity index (χ2n) is 4.35. The summed E-state index contributed by atoms with van der Waals surface area (Å²) in [4.78, 5) is 2.38. The lowest BCUT2D eigenvalue weighted by Crippen LogP contribution is -2.22. The Hall–Kier alpha value is -0.0500. The molecule has 0 radical (unpaired) electrons. The second-order valence-corrected chi connectivity index (χ2v) is 5.55. The summed E-state index contributed by atoms with van der Waals surface area (Å²) in [6.45, 7) is 4.50. The van der Waals surface area contributed by atoms with Gasteiger partial charge in [0.1, 0.15) is 0 Å². The standard InChI is InChI=1S/C12H15BrClN/c1-8-7-15(2)6-5-9-3-4-10(14)12(13)11(8)9/h3-4,8H,5-7H2,1-2H3. The quantitative estimate of drug-likeness (QED) is 0.704. The van der Waals surface area contributed by atoms with Crippen LogP contribution >= 0.6 is 27.5 Å². The highest BCUT2D eigenvalue weighted by atomic mass is 79.9. The van der Waals surface area contributed by atoms with Crippen molar-refractivity contribution in [3.05, 3.63) is 32.8 Å². The number of halogens is 2. The smallest absolute Gasteiger partial charge is 0.0551 e. The molecule has 0 saturated carbocycles. The average molecular weight is 289 g/mol. The predicted molar refractivity (Wildman–Crippen MR) is 68.8 cm³/mol. The van der Waals surface area contributed by atoms with Crippen molar-refractivity contribution in [1.29, 1.82) is 0 Å². The molecule has 0 aromatic heterocycles. The van der Waals surface area contributed by atoms with E-state index in [2.05, 4.69) is 40.9 Å². The van der Waals surface area contributed by atoms with Gasteiger partial charge in [0, 0.05) is 17.6 Å². The Morgan fingerprint density at radius 1 is 1.47 bits per heavy atom. The van der Waals surface area contributed by atoms with Gasteiger partial charge in [-0.15, -0.1) is 0 Å². The van der Waals surface area contributed by atoms with Crippen LogP contribution in [0.4, 0.5) is 0 Å². The van der Waals surface area contributed by atoms with E-state index in [-0.39, 0.29) is 0 Å². The molecule has 82 valence electrons. The van der Waals surface area contributed by atoms with Gasteiger partial charge in [-0.1, -0.05) is 24.6 Å². The van der Waals surface area contributed by atoms with E-state index >= 15 is 0 Å². The van der Waals surface area contributed by atoms with Crippen molar-refractivity contribution >= 4 is 27.5 Å². The van der Waals surface area contributed by atoms with Crippen molar-refractivity contribution in [2.24, 2.45) is 0 Å². The largest absolute Gasteiger partial charge is 0.305 e. The van der Waals surface area contributed by atoms with Gasteiger partial charge in [-0.25, -0.2) is 0 Å². The molecular weight excluding hydrogens is 273 g/mol. The SMILES string of the molecule is CC1CN(C)CCc2ccc(Cl)c(Br)c21. The molecule has 0 fully saturated rings.